The molecule has 1 heterocycles. The minimum absolute atomic E-state index is 0.163. The number of nitrogens with one attached hydrogen (secondary N) is 2. The fraction of sp³-hybridized carbons (Fsp3) is 0.250. The lowest BCUT2D eigenvalue weighted by molar-refractivity contribution is -0.121. The van der Waals surface area contributed by atoms with Gasteiger partial charge in [-0.2, -0.15) is 5.10 Å². The van der Waals surface area contributed by atoms with Crippen LogP contribution in [0, 0.1) is 0 Å². The van der Waals surface area contributed by atoms with E-state index in [0.717, 1.165) is 5.56 Å². The molecule has 2 amide bonds. The molecule has 0 aliphatic carbocycles. The van der Waals surface area contributed by atoms with E-state index in [-0.39, 0.29) is 11.8 Å². The Morgan fingerprint density at radius 1 is 1.33 bits per heavy atom. The summed E-state index contributed by atoms with van der Waals surface area (Å²) in [6.07, 6.45) is 0.672. The summed E-state index contributed by atoms with van der Waals surface area (Å²) in [5.74, 6) is -0.422. The van der Waals surface area contributed by atoms with Gasteiger partial charge in [0.25, 0.3) is 5.91 Å². The second-order valence-corrected chi connectivity index (χ2v) is 4.34. The standard InChI is InChI=1S/C12H12ClN3O2/c13-9-3-1-8(2-4-9)7-14-12(18)10-5-6-11(17)16-15-10/h1-4H,5-7H2,(H,14,18)(H,16,17). The van der Waals surface area contributed by atoms with Crippen LogP contribution in [0.4, 0.5) is 0 Å². The first-order chi connectivity index (χ1) is 8.65. The largest absolute Gasteiger partial charge is 0.347 e. The van der Waals surface area contributed by atoms with Gasteiger partial charge in [0.15, 0.2) is 0 Å². The zero-order valence-corrected chi connectivity index (χ0v) is 10.3. The minimum atomic E-state index is -0.259. The van der Waals surface area contributed by atoms with Crippen LogP contribution in [0.1, 0.15) is 18.4 Å². The molecular weight excluding hydrogens is 254 g/mol. The monoisotopic (exact) mass is 265 g/mol. The molecule has 1 aromatic rings. The number of carbonyl (C=O) groups excluding carboxylic acids is 2. The van der Waals surface area contributed by atoms with Crippen LogP contribution in [-0.2, 0) is 16.1 Å². The molecule has 5 nitrogen and oxygen atoms in total. The van der Waals surface area contributed by atoms with Gasteiger partial charge >= 0.3 is 0 Å². The van der Waals surface area contributed by atoms with Crippen molar-refractivity contribution in [1.29, 1.82) is 0 Å². The van der Waals surface area contributed by atoms with Crippen molar-refractivity contribution in [3.05, 3.63) is 34.9 Å². The molecule has 6 heteroatoms. The van der Waals surface area contributed by atoms with Gasteiger partial charge in [0.1, 0.15) is 5.71 Å². The van der Waals surface area contributed by atoms with Crippen molar-refractivity contribution < 1.29 is 9.59 Å². The number of hydrogen-bond donors (Lipinski definition) is 2. The van der Waals surface area contributed by atoms with Gasteiger partial charge in [-0.3, -0.25) is 9.59 Å². The average Bonchev–Trinajstić information content (AvgIpc) is 2.38. The lowest BCUT2D eigenvalue weighted by atomic mass is 10.1. The third-order valence-corrected chi connectivity index (χ3v) is 2.78. The highest BCUT2D eigenvalue weighted by Crippen LogP contribution is 2.09. The van der Waals surface area contributed by atoms with Crippen LogP contribution in [0.5, 0.6) is 0 Å². The van der Waals surface area contributed by atoms with Crippen molar-refractivity contribution in [2.45, 2.75) is 19.4 Å². The fourth-order valence-corrected chi connectivity index (χ4v) is 1.65. The van der Waals surface area contributed by atoms with Crippen molar-refractivity contribution in [2.24, 2.45) is 5.10 Å². The number of hydrazone groups is 1. The lowest BCUT2D eigenvalue weighted by Gasteiger charge is -2.11. The van der Waals surface area contributed by atoms with Crippen LogP contribution in [0.3, 0.4) is 0 Å². The van der Waals surface area contributed by atoms with E-state index in [9.17, 15) is 9.59 Å². The van der Waals surface area contributed by atoms with Gasteiger partial charge in [-0.1, -0.05) is 23.7 Å². The van der Waals surface area contributed by atoms with Crippen LogP contribution < -0.4 is 10.7 Å². The van der Waals surface area contributed by atoms with Crippen LogP contribution >= 0.6 is 11.6 Å². The second kappa shape index (κ2) is 5.64. The smallest absolute Gasteiger partial charge is 0.267 e. The maximum absolute atomic E-state index is 11.7. The van der Waals surface area contributed by atoms with E-state index >= 15 is 0 Å². The highest BCUT2D eigenvalue weighted by atomic mass is 35.5. The van der Waals surface area contributed by atoms with Crippen LogP contribution in [0.2, 0.25) is 5.02 Å². The Bertz CT molecular complexity index is 497. The first-order valence-electron chi connectivity index (χ1n) is 5.53. The minimum Gasteiger partial charge on any atom is -0.347 e. The van der Waals surface area contributed by atoms with E-state index in [1.54, 1.807) is 12.1 Å². The predicted molar refractivity (Wildman–Crippen MR) is 68.1 cm³/mol. The van der Waals surface area contributed by atoms with Crippen molar-refractivity contribution in [1.82, 2.24) is 10.7 Å². The van der Waals surface area contributed by atoms with E-state index in [1.807, 2.05) is 12.1 Å². The summed E-state index contributed by atoms with van der Waals surface area (Å²) in [6.45, 7) is 0.406. The molecule has 0 fully saturated rings. The Kier molecular flexibility index (Phi) is 3.94. The third kappa shape index (κ3) is 3.30. The maximum Gasteiger partial charge on any atom is 0.267 e. The summed E-state index contributed by atoms with van der Waals surface area (Å²) in [5.41, 5.74) is 3.59. The Morgan fingerprint density at radius 3 is 2.67 bits per heavy atom. The maximum atomic E-state index is 11.7. The van der Waals surface area contributed by atoms with Gasteiger partial charge in [-0.25, -0.2) is 5.43 Å². The number of amides is 2. The van der Waals surface area contributed by atoms with Gasteiger partial charge in [0, 0.05) is 24.4 Å². The zero-order valence-electron chi connectivity index (χ0n) is 9.57. The van der Waals surface area contributed by atoms with Gasteiger partial charge < -0.3 is 5.32 Å². The molecule has 0 saturated heterocycles. The number of benzene rings is 1. The Morgan fingerprint density at radius 2 is 2.06 bits per heavy atom. The molecule has 18 heavy (non-hydrogen) atoms. The summed E-state index contributed by atoms with van der Waals surface area (Å²) in [5, 5.41) is 7.12. The number of rotatable bonds is 3. The van der Waals surface area contributed by atoms with E-state index in [0.29, 0.717) is 30.1 Å². The van der Waals surface area contributed by atoms with Gasteiger partial charge in [-0.05, 0) is 17.7 Å². The zero-order chi connectivity index (χ0) is 13.0. The number of halogens is 1. The Hall–Kier alpha value is -1.88. The molecular formula is C12H12ClN3O2. The Labute approximate surface area is 109 Å². The van der Waals surface area contributed by atoms with E-state index < -0.39 is 0 Å². The molecule has 0 aromatic heterocycles. The number of carbonyl (C=O) groups is 2. The summed E-state index contributed by atoms with van der Waals surface area (Å²) in [4.78, 5) is 22.6. The van der Waals surface area contributed by atoms with Gasteiger partial charge in [-0.15, -0.1) is 0 Å². The van der Waals surface area contributed by atoms with Gasteiger partial charge in [0.05, 0.1) is 0 Å². The van der Waals surface area contributed by atoms with Crippen molar-refractivity contribution in [3.8, 4) is 0 Å². The first-order valence-corrected chi connectivity index (χ1v) is 5.91. The van der Waals surface area contributed by atoms with E-state index in [1.165, 1.54) is 0 Å². The molecule has 0 saturated carbocycles. The molecule has 0 spiro atoms. The van der Waals surface area contributed by atoms with Crippen molar-refractivity contribution >= 4 is 29.1 Å². The molecule has 0 bridgehead atoms. The SMILES string of the molecule is O=C1CCC(C(=O)NCc2ccc(Cl)cc2)=NN1. The molecule has 1 aromatic carbocycles. The second-order valence-electron chi connectivity index (χ2n) is 3.90. The lowest BCUT2D eigenvalue weighted by Crippen LogP contribution is -2.36. The molecule has 1 aliphatic heterocycles. The van der Waals surface area contributed by atoms with Crippen LogP contribution in [0.15, 0.2) is 29.4 Å². The highest BCUT2D eigenvalue weighted by Gasteiger charge is 2.17. The molecule has 94 valence electrons. The summed E-state index contributed by atoms with van der Waals surface area (Å²) < 4.78 is 0. The summed E-state index contributed by atoms with van der Waals surface area (Å²) in [7, 11) is 0. The van der Waals surface area contributed by atoms with Crippen LogP contribution in [-0.4, -0.2) is 17.5 Å². The molecule has 2 rings (SSSR count). The summed E-state index contributed by atoms with van der Waals surface area (Å²) >= 11 is 5.76. The van der Waals surface area contributed by atoms with Gasteiger partial charge in [0.2, 0.25) is 5.91 Å². The van der Waals surface area contributed by atoms with E-state index in [4.69, 9.17) is 11.6 Å². The van der Waals surface area contributed by atoms with Crippen molar-refractivity contribution in [2.75, 3.05) is 0 Å². The summed E-state index contributed by atoms with van der Waals surface area (Å²) in [6, 6.07) is 7.21. The highest BCUT2D eigenvalue weighted by molar-refractivity contribution is 6.39. The number of hydrogen-bond acceptors (Lipinski definition) is 3. The molecule has 0 atom stereocenters. The van der Waals surface area contributed by atoms with Crippen LogP contribution in [0.25, 0.3) is 0 Å². The molecule has 2 N–H and O–H groups in total. The first kappa shape index (κ1) is 12.6. The quantitative estimate of drug-likeness (QED) is 0.863. The third-order valence-electron chi connectivity index (χ3n) is 2.53. The Balaban J connectivity index is 1.88. The average molecular weight is 266 g/mol. The molecule has 0 radical (unpaired) electrons. The molecule has 1 aliphatic rings. The topological polar surface area (TPSA) is 70.6 Å². The predicted octanol–water partition coefficient (Wildman–Crippen LogP) is 1.22. The van der Waals surface area contributed by atoms with E-state index in [2.05, 4.69) is 15.8 Å². The normalized spacial score (nSPS) is 14.7. The number of nitrogens with zero attached hydrogens (tertiary/aromatic N) is 1. The fourth-order valence-electron chi connectivity index (χ4n) is 1.52. The molecule has 0 unspecified atom stereocenters. The van der Waals surface area contributed by atoms with Crippen molar-refractivity contribution in [3.63, 3.8) is 0 Å².